The lowest BCUT2D eigenvalue weighted by atomic mass is 10.1. The minimum atomic E-state index is -4.43. The minimum absolute atomic E-state index is 0.138. The van der Waals surface area contributed by atoms with Crippen LogP contribution in [0.4, 0.5) is 19.1 Å². The molecule has 1 aromatic heterocycles. The lowest BCUT2D eigenvalue weighted by Crippen LogP contribution is -2.37. The van der Waals surface area contributed by atoms with Crippen LogP contribution in [0.15, 0.2) is 12.3 Å². The summed E-state index contributed by atoms with van der Waals surface area (Å²) in [7, 11) is 1.64. The second-order valence-corrected chi connectivity index (χ2v) is 4.16. The maximum absolute atomic E-state index is 12.5. The van der Waals surface area contributed by atoms with Crippen molar-refractivity contribution in [2.75, 3.05) is 25.1 Å². The topological polar surface area (TPSA) is 38.2 Å². The Morgan fingerprint density at radius 3 is 2.56 bits per heavy atom. The van der Waals surface area contributed by atoms with E-state index in [2.05, 4.69) is 9.97 Å². The van der Waals surface area contributed by atoms with Crippen molar-refractivity contribution in [1.29, 1.82) is 0 Å². The Balaban J connectivity index is 2.10. The molecule has 0 bridgehead atoms. The number of anilines is 1. The van der Waals surface area contributed by atoms with Crippen molar-refractivity contribution in [3.05, 3.63) is 18.0 Å². The molecule has 1 aromatic rings. The summed E-state index contributed by atoms with van der Waals surface area (Å²) in [6, 6.07) is 0.880. The van der Waals surface area contributed by atoms with E-state index in [1.54, 1.807) is 12.0 Å². The maximum Gasteiger partial charge on any atom is 0.433 e. The third-order valence-corrected chi connectivity index (χ3v) is 2.99. The smallest absolute Gasteiger partial charge is 0.381 e. The fraction of sp³-hybridized carbons (Fsp3) is 0.636. The highest BCUT2D eigenvalue weighted by molar-refractivity contribution is 5.31. The van der Waals surface area contributed by atoms with Gasteiger partial charge in [0.2, 0.25) is 5.95 Å². The number of hydrogen-bond acceptors (Lipinski definition) is 4. The molecular formula is C11H14F3N3O. The van der Waals surface area contributed by atoms with Crippen LogP contribution < -0.4 is 4.90 Å². The Labute approximate surface area is 103 Å². The average Bonchev–Trinajstić information content (AvgIpc) is 2.38. The van der Waals surface area contributed by atoms with E-state index in [4.69, 9.17) is 4.74 Å². The lowest BCUT2D eigenvalue weighted by molar-refractivity contribution is -0.141. The van der Waals surface area contributed by atoms with E-state index in [1.165, 1.54) is 0 Å². The summed E-state index contributed by atoms with van der Waals surface area (Å²) >= 11 is 0. The predicted octanol–water partition coefficient (Wildman–Crippen LogP) is 2.11. The van der Waals surface area contributed by atoms with E-state index in [0.717, 1.165) is 25.1 Å². The molecule has 2 heterocycles. The van der Waals surface area contributed by atoms with Crippen LogP contribution in [0.25, 0.3) is 0 Å². The Morgan fingerprint density at radius 2 is 2.00 bits per heavy atom. The summed E-state index contributed by atoms with van der Waals surface area (Å²) in [4.78, 5) is 9.22. The first kappa shape index (κ1) is 13.1. The van der Waals surface area contributed by atoms with Crippen LogP contribution in [0.5, 0.6) is 0 Å². The van der Waals surface area contributed by atoms with E-state index in [9.17, 15) is 13.2 Å². The summed E-state index contributed by atoms with van der Waals surface area (Å²) in [5, 5.41) is 0. The summed E-state index contributed by atoms with van der Waals surface area (Å²) in [6.45, 7) is 1.22. The SMILES string of the molecule is COC1CCN(c2nccc(C(F)(F)F)n2)CC1. The van der Waals surface area contributed by atoms with Crippen LogP contribution in [0.2, 0.25) is 0 Å². The highest BCUT2D eigenvalue weighted by Gasteiger charge is 2.33. The van der Waals surface area contributed by atoms with Gasteiger partial charge in [0, 0.05) is 26.4 Å². The highest BCUT2D eigenvalue weighted by Crippen LogP contribution is 2.28. The van der Waals surface area contributed by atoms with Crippen molar-refractivity contribution in [2.45, 2.75) is 25.1 Å². The van der Waals surface area contributed by atoms with E-state index < -0.39 is 11.9 Å². The molecule has 1 aliphatic heterocycles. The van der Waals surface area contributed by atoms with Gasteiger partial charge >= 0.3 is 6.18 Å². The fourth-order valence-corrected chi connectivity index (χ4v) is 1.95. The van der Waals surface area contributed by atoms with Gasteiger partial charge in [-0.3, -0.25) is 0 Å². The number of alkyl halides is 3. The maximum atomic E-state index is 12.5. The zero-order chi connectivity index (χ0) is 13.2. The van der Waals surface area contributed by atoms with E-state index >= 15 is 0 Å². The van der Waals surface area contributed by atoms with Crippen molar-refractivity contribution >= 4 is 5.95 Å². The molecular weight excluding hydrogens is 247 g/mol. The van der Waals surface area contributed by atoms with Crippen LogP contribution in [0, 0.1) is 0 Å². The van der Waals surface area contributed by atoms with Gasteiger partial charge in [-0.25, -0.2) is 9.97 Å². The van der Waals surface area contributed by atoms with Crippen LogP contribution in [-0.2, 0) is 10.9 Å². The standard InChI is InChI=1S/C11H14F3N3O/c1-18-8-3-6-17(7-4-8)10-15-5-2-9(16-10)11(12,13)14/h2,5,8H,3-4,6-7H2,1H3. The van der Waals surface area contributed by atoms with Crippen LogP contribution in [0.1, 0.15) is 18.5 Å². The predicted molar refractivity (Wildman–Crippen MR) is 59.3 cm³/mol. The first-order chi connectivity index (χ1) is 8.50. The molecule has 4 nitrogen and oxygen atoms in total. The quantitative estimate of drug-likeness (QED) is 0.817. The number of aromatic nitrogens is 2. The molecule has 0 amide bonds. The second-order valence-electron chi connectivity index (χ2n) is 4.16. The third kappa shape index (κ3) is 2.90. The minimum Gasteiger partial charge on any atom is -0.381 e. The number of nitrogens with zero attached hydrogens (tertiary/aromatic N) is 3. The van der Waals surface area contributed by atoms with Crippen molar-refractivity contribution in [1.82, 2.24) is 9.97 Å². The second kappa shape index (κ2) is 5.09. The Hall–Kier alpha value is -1.37. The van der Waals surface area contributed by atoms with Crippen LogP contribution in [-0.4, -0.2) is 36.3 Å². The van der Waals surface area contributed by atoms with Crippen LogP contribution in [0.3, 0.4) is 0 Å². The number of methoxy groups -OCH3 is 1. The molecule has 18 heavy (non-hydrogen) atoms. The average molecular weight is 261 g/mol. The lowest BCUT2D eigenvalue weighted by Gasteiger charge is -2.31. The number of halogens is 3. The number of rotatable bonds is 2. The van der Waals surface area contributed by atoms with Gasteiger partial charge in [-0.2, -0.15) is 13.2 Å². The largest absolute Gasteiger partial charge is 0.433 e. The van der Waals surface area contributed by atoms with Gasteiger partial charge in [0.1, 0.15) is 5.69 Å². The Kier molecular flexibility index (Phi) is 3.70. The first-order valence-electron chi connectivity index (χ1n) is 5.68. The molecule has 0 spiro atoms. The zero-order valence-corrected chi connectivity index (χ0v) is 9.94. The molecule has 0 radical (unpaired) electrons. The third-order valence-electron chi connectivity index (χ3n) is 2.99. The molecule has 2 rings (SSSR count). The highest BCUT2D eigenvalue weighted by atomic mass is 19.4. The normalized spacial score (nSPS) is 18.1. The van der Waals surface area contributed by atoms with Crippen molar-refractivity contribution < 1.29 is 17.9 Å². The van der Waals surface area contributed by atoms with Gasteiger partial charge in [-0.1, -0.05) is 0 Å². The molecule has 1 aliphatic rings. The molecule has 0 unspecified atom stereocenters. The van der Waals surface area contributed by atoms with Crippen molar-refractivity contribution in [3.8, 4) is 0 Å². The van der Waals surface area contributed by atoms with Gasteiger partial charge in [0.05, 0.1) is 6.10 Å². The number of piperidine rings is 1. The fourth-order valence-electron chi connectivity index (χ4n) is 1.95. The van der Waals surface area contributed by atoms with Gasteiger partial charge in [0.15, 0.2) is 0 Å². The first-order valence-corrected chi connectivity index (χ1v) is 5.68. The summed E-state index contributed by atoms with van der Waals surface area (Å²) < 4.78 is 42.8. The van der Waals surface area contributed by atoms with E-state index in [1.807, 2.05) is 0 Å². The monoisotopic (exact) mass is 261 g/mol. The summed E-state index contributed by atoms with van der Waals surface area (Å²) in [5.74, 6) is 0.138. The van der Waals surface area contributed by atoms with Gasteiger partial charge in [0.25, 0.3) is 0 Å². The van der Waals surface area contributed by atoms with Gasteiger partial charge in [-0.15, -0.1) is 0 Å². The summed E-state index contributed by atoms with van der Waals surface area (Å²) in [6.07, 6.45) is -1.56. The summed E-state index contributed by atoms with van der Waals surface area (Å²) in [5.41, 5.74) is -0.902. The van der Waals surface area contributed by atoms with Gasteiger partial charge in [-0.05, 0) is 18.9 Å². The molecule has 1 saturated heterocycles. The van der Waals surface area contributed by atoms with Gasteiger partial charge < -0.3 is 9.64 Å². The van der Waals surface area contributed by atoms with Crippen LogP contribution >= 0.6 is 0 Å². The molecule has 0 aromatic carbocycles. The molecule has 0 atom stereocenters. The zero-order valence-electron chi connectivity index (χ0n) is 9.94. The Morgan fingerprint density at radius 1 is 1.33 bits per heavy atom. The molecule has 1 fully saturated rings. The molecule has 100 valence electrons. The number of hydrogen-bond donors (Lipinski definition) is 0. The molecule has 0 N–H and O–H groups in total. The van der Waals surface area contributed by atoms with E-state index in [-0.39, 0.29) is 12.1 Å². The van der Waals surface area contributed by atoms with Crippen molar-refractivity contribution in [2.24, 2.45) is 0 Å². The number of ether oxygens (including phenoxy) is 1. The van der Waals surface area contributed by atoms with E-state index in [0.29, 0.717) is 13.1 Å². The van der Waals surface area contributed by atoms with Crippen molar-refractivity contribution in [3.63, 3.8) is 0 Å². The molecule has 0 aliphatic carbocycles. The molecule has 0 saturated carbocycles. The molecule has 7 heteroatoms. The Bertz CT molecular complexity index is 403.